The van der Waals surface area contributed by atoms with E-state index >= 15 is 0 Å². The van der Waals surface area contributed by atoms with Crippen molar-refractivity contribution in [2.45, 2.75) is 38.6 Å². The second-order valence-corrected chi connectivity index (χ2v) is 13.3. The average molecular weight is 698 g/mol. The van der Waals surface area contributed by atoms with E-state index in [1.54, 1.807) is 14.2 Å². The smallest absolute Gasteiger partial charge is 0.271 e. The van der Waals surface area contributed by atoms with Crippen molar-refractivity contribution < 1.29 is 19.0 Å². The zero-order valence-electron chi connectivity index (χ0n) is 29.0. The van der Waals surface area contributed by atoms with Gasteiger partial charge < -0.3 is 19.5 Å². The zero-order valence-corrected chi connectivity index (χ0v) is 29.9. The van der Waals surface area contributed by atoms with Crippen LogP contribution in [0.25, 0.3) is 0 Å². The molecule has 0 saturated carbocycles. The van der Waals surface area contributed by atoms with Crippen LogP contribution >= 0.6 is 11.3 Å². The molecule has 6 rings (SSSR count). The van der Waals surface area contributed by atoms with Crippen LogP contribution in [0, 0.1) is 0 Å². The van der Waals surface area contributed by atoms with Gasteiger partial charge in [0.05, 0.1) is 26.8 Å². The van der Waals surface area contributed by atoms with Gasteiger partial charge in [-0.1, -0.05) is 109 Å². The molecule has 5 aromatic carbocycles. The summed E-state index contributed by atoms with van der Waals surface area (Å²) in [6.07, 6.45) is 1.49. The number of benzene rings is 5. The third-order valence-corrected chi connectivity index (χ3v) is 9.51. The Labute approximate surface area is 304 Å². The van der Waals surface area contributed by atoms with E-state index in [0.717, 1.165) is 51.5 Å². The number of nitrogens with one attached hydrogen (secondary N) is 1. The van der Waals surface area contributed by atoms with E-state index in [-0.39, 0.29) is 11.9 Å². The Morgan fingerprint density at radius 3 is 2.06 bits per heavy atom. The Kier molecular flexibility index (Phi) is 12.5. The number of carbonyl (C=O) groups is 1. The molecular weight excluding hydrogens is 655 g/mol. The van der Waals surface area contributed by atoms with Crippen molar-refractivity contribution in [2.24, 2.45) is 0 Å². The average Bonchev–Trinajstić information content (AvgIpc) is 3.66. The minimum absolute atomic E-state index is 0.176. The van der Waals surface area contributed by atoms with Crippen LogP contribution in [0.3, 0.4) is 0 Å². The highest BCUT2D eigenvalue weighted by molar-refractivity contribution is 7.09. The molecule has 260 valence electrons. The predicted octanol–water partition coefficient (Wildman–Crippen LogP) is 8.70. The van der Waals surface area contributed by atoms with Crippen LogP contribution in [-0.2, 0) is 32.5 Å². The topological polar surface area (TPSA) is 72.9 Å². The predicted molar refractivity (Wildman–Crippen MR) is 203 cm³/mol. The van der Waals surface area contributed by atoms with E-state index in [2.05, 4.69) is 64.8 Å². The first kappa shape index (κ1) is 35.4. The summed E-state index contributed by atoms with van der Waals surface area (Å²) in [6, 6.07) is 44.6. The molecule has 1 N–H and O–H groups in total. The van der Waals surface area contributed by atoms with E-state index in [1.807, 2.05) is 84.2 Å². The van der Waals surface area contributed by atoms with Crippen molar-refractivity contribution in [3.8, 4) is 17.2 Å². The van der Waals surface area contributed by atoms with Crippen molar-refractivity contribution in [1.29, 1.82) is 0 Å². The molecule has 0 spiro atoms. The molecule has 0 fully saturated rings. The number of ether oxygens (including phenoxy) is 3. The summed E-state index contributed by atoms with van der Waals surface area (Å²) in [6.45, 7) is 2.61. The molecule has 1 amide bonds. The number of methoxy groups -OCH3 is 2. The molecule has 0 radical (unpaired) electrons. The molecule has 0 bridgehead atoms. The molecule has 6 aromatic rings. The highest BCUT2D eigenvalue weighted by Gasteiger charge is 2.20. The van der Waals surface area contributed by atoms with Gasteiger partial charge in [-0.2, -0.15) is 0 Å². The fraction of sp³-hybridized carbons (Fsp3) is 0.209. The van der Waals surface area contributed by atoms with Crippen LogP contribution in [0.5, 0.6) is 17.2 Å². The maximum absolute atomic E-state index is 13.6. The van der Waals surface area contributed by atoms with Gasteiger partial charge in [0, 0.05) is 18.5 Å². The molecule has 1 heterocycles. The minimum atomic E-state index is -0.177. The fourth-order valence-electron chi connectivity index (χ4n) is 5.93. The molecule has 1 atom stereocenters. The van der Waals surface area contributed by atoms with E-state index in [9.17, 15) is 4.79 Å². The number of nitrogens with zero attached hydrogens (tertiary/aromatic N) is 2. The Morgan fingerprint density at radius 1 is 0.725 bits per heavy atom. The summed E-state index contributed by atoms with van der Waals surface area (Å²) in [5.74, 6) is 2.07. The summed E-state index contributed by atoms with van der Waals surface area (Å²) >= 11 is 1.51. The maximum Gasteiger partial charge on any atom is 0.271 e. The SMILES string of the molecule is COc1ccc(CCN(Cc2ccc(OCc3ccccc3)cc2)Cc2nc(C(=O)NC(Cc3ccccc3)c3ccccc3)cs2)cc1OC. The van der Waals surface area contributed by atoms with E-state index in [0.29, 0.717) is 43.3 Å². The van der Waals surface area contributed by atoms with Gasteiger partial charge >= 0.3 is 0 Å². The lowest BCUT2D eigenvalue weighted by atomic mass is 9.99. The van der Waals surface area contributed by atoms with Crippen LogP contribution in [0.4, 0.5) is 0 Å². The van der Waals surface area contributed by atoms with Crippen LogP contribution < -0.4 is 19.5 Å². The fourth-order valence-corrected chi connectivity index (χ4v) is 6.74. The lowest BCUT2D eigenvalue weighted by Gasteiger charge is -2.22. The summed E-state index contributed by atoms with van der Waals surface area (Å²) in [7, 11) is 3.30. The molecule has 1 aromatic heterocycles. The van der Waals surface area contributed by atoms with Crippen molar-refractivity contribution in [3.63, 3.8) is 0 Å². The standard InChI is InChI=1S/C43H43N3O4S/c1-48-40-23-20-33(27-41(40)49-2)24-25-46(28-34-18-21-37(22-19-34)50-30-35-14-8-4-9-15-35)29-42-44-39(31-51-42)43(47)45-38(36-16-10-5-11-17-36)26-32-12-6-3-7-13-32/h3-23,27,31,38H,24-26,28-30H2,1-2H3,(H,45,47). The quantitative estimate of drug-likeness (QED) is 0.103. The lowest BCUT2D eigenvalue weighted by molar-refractivity contribution is 0.0931. The number of hydrogen-bond acceptors (Lipinski definition) is 7. The second-order valence-electron chi connectivity index (χ2n) is 12.3. The van der Waals surface area contributed by atoms with Crippen molar-refractivity contribution in [3.05, 3.63) is 177 Å². The van der Waals surface area contributed by atoms with Gasteiger partial charge in [-0.05, 0) is 64.9 Å². The zero-order chi connectivity index (χ0) is 35.3. The van der Waals surface area contributed by atoms with Crippen LogP contribution in [0.1, 0.15) is 49.4 Å². The van der Waals surface area contributed by atoms with Gasteiger partial charge in [-0.15, -0.1) is 11.3 Å². The number of rotatable bonds is 17. The van der Waals surface area contributed by atoms with Gasteiger partial charge in [-0.25, -0.2) is 4.98 Å². The molecular formula is C43H43N3O4S. The highest BCUT2D eigenvalue weighted by Crippen LogP contribution is 2.28. The first-order valence-corrected chi connectivity index (χ1v) is 18.0. The van der Waals surface area contributed by atoms with Gasteiger partial charge in [0.15, 0.2) is 11.5 Å². The summed E-state index contributed by atoms with van der Waals surface area (Å²) < 4.78 is 17.0. The maximum atomic E-state index is 13.6. The Morgan fingerprint density at radius 2 is 1.37 bits per heavy atom. The monoisotopic (exact) mass is 697 g/mol. The molecule has 0 aliphatic rings. The number of carbonyl (C=O) groups excluding carboxylic acids is 1. The van der Waals surface area contributed by atoms with E-state index in [1.165, 1.54) is 11.3 Å². The normalized spacial score (nSPS) is 11.6. The molecule has 1 unspecified atom stereocenters. The van der Waals surface area contributed by atoms with Crippen LogP contribution in [0.2, 0.25) is 0 Å². The van der Waals surface area contributed by atoms with Crippen molar-refractivity contribution in [2.75, 3.05) is 20.8 Å². The Bertz CT molecular complexity index is 1950. The van der Waals surface area contributed by atoms with Crippen molar-refractivity contribution in [1.82, 2.24) is 15.2 Å². The Balaban J connectivity index is 1.15. The molecule has 7 nitrogen and oxygen atoms in total. The lowest BCUT2D eigenvalue weighted by Crippen LogP contribution is -2.30. The number of amides is 1. The minimum Gasteiger partial charge on any atom is -0.493 e. The largest absolute Gasteiger partial charge is 0.493 e. The third-order valence-electron chi connectivity index (χ3n) is 8.68. The van der Waals surface area contributed by atoms with Gasteiger partial charge in [0.1, 0.15) is 23.1 Å². The molecule has 8 heteroatoms. The van der Waals surface area contributed by atoms with Crippen LogP contribution in [-0.4, -0.2) is 36.6 Å². The molecule has 0 saturated heterocycles. The number of hydrogen-bond donors (Lipinski definition) is 1. The Hall–Kier alpha value is -5.44. The first-order chi connectivity index (χ1) is 25.1. The van der Waals surface area contributed by atoms with Crippen molar-refractivity contribution >= 4 is 17.2 Å². The first-order valence-electron chi connectivity index (χ1n) is 17.1. The summed E-state index contributed by atoms with van der Waals surface area (Å²) in [5.41, 5.74) is 6.09. The highest BCUT2D eigenvalue weighted by atomic mass is 32.1. The van der Waals surface area contributed by atoms with Gasteiger partial charge in [-0.3, -0.25) is 9.69 Å². The third kappa shape index (κ3) is 10.3. The van der Waals surface area contributed by atoms with Crippen LogP contribution in [0.15, 0.2) is 139 Å². The van der Waals surface area contributed by atoms with Gasteiger partial charge in [0.25, 0.3) is 5.91 Å². The van der Waals surface area contributed by atoms with E-state index < -0.39 is 0 Å². The number of aromatic nitrogens is 1. The van der Waals surface area contributed by atoms with E-state index in [4.69, 9.17) is 19.2 Å². The van der Waals surface area contributed by atoms with Gasteiger partial charge in [0.2, 0.25) is 0 Å². The second kappa shape index (κ2) is 18.0. The summed E-state index contributed by atoms with van der Waals surface area (Å²) in [4.78, 5) is 20.8. The number of thiazole rings is 1. The molecule has 0 aliphatic heterocycles. The summed E-state index contributed by atoms with van der Waals surface area (Å²) in [5, 5.41) is 6.00. The molecule has 0 aliphatic carbocycles. The molecule has 51 heavy (non-hydrogen) atoms.